The highest BCUT2D eigenvalue weighted by Crippen LogP contribution is 2.23. The van der Waals surface area contributed by atoms with Gasteiger partial charge in [0.15, 0.2) is 0 Å². The highest BCUT2D eigenvalue weighted by atomic mass is 35.5. The maximum Gasteiger partial charge on any atom is 0.226 e. The zero-order valence-corrected chi connectivity index (χ0v) is 13.8. The van der Waals surface area contributed by atoms with Crippen LogP contribution in [0.2, 0.25) is 5.02 Å². The Morgan fingerprint density at radius 3 is 2.71 bits per heavy atom. The van der Waals surface area contributed by atoms with Crippen molar-refractivity contribution in [1.82, 2.24) is 10.6 Å². The van der Waals surface area contributed by atoms with Crippen molar-refractivity contribution in [3.8, 4) is 0 Å². The molecule has 0 heterocycles. The average molecular weight is 313 g/mol. The summed E-state index contributed by atoms with van der Waals surface area (Å²) in [5.74, 6) is 0.0519. The normalized spacial score (nSPS) is 11.4. The minimum atomic E-state index is -0.461. The van der Waals surface area contributed by atoms with Gasteiger partial charge in [-0.2, -0.15) is 0 Å². The van der Waals surface area contributed by atoms with Crippen molar-refractivity contribution in [3.63, 3.8) is 0 Å². The molecule has 4 nitrogen and oxygen atoms in total. The van der Waals surface area contributed by atoms with Gasteiger partial charge < -0.3 is 15.4 Å². The molecule has 0 unspecified atom stereocenters. The first-order valence-corrected chi connectivity index (χ1v) is 7.56. The molecular formula is C16H25ClN2O2. The number of carbonyl (C=O) groups excluding carboxylic acids is 1. The quantitative estimate of drug-likeness (QED) is 0.688. The van der Waals surface area contributed by atoms with Crippen molar-refractivity contribution in [2.75, 3.05) is 33.4 Å². The average Bonchev–Trinajstić information content (AvgIpc) is 2.42. The van der Waals surface area contributed by atoms with Gasteiger partial charge in [0.2, 0.25) is 5.91 Å². The van der Waals surface area contributed by atoms with Crippen molar-refractivity contribution in [2.24, 2.45) is 5.41 Å². The smallest absolute Gasteiger partial charge is 0.226 e. The molecule has 0 saturated heterocycles. The third-order valence-corrected chi connectivity index (χ3v) is 3.46. The molecule has 0 atom stereocenters. The van der Waals surface area contributed by atoms with E-state index in [1.807, 2.05) is 38.1 Å². The summed E-state index contributed by atoms with van der Waals surface area (Å²) in [6.45, 7) is 6.71. The van der Waals surface area contributed by atoms with Crippen LogP contribution in [0.1, 0.15) is 19.4 Å². The van der Waals surface area contributed by atoms with Crippen LogP contribution in [-0.2, 0) is 16.0 Å². The van der Waals surface area contributed by atoms with Gasteiger partial charge in [-0.3, -0.25) is 4.79 Å². The van der Waals surface area contributed by atoms with Gasteiger partial charge in [-0.1, -0.05) is 37.6 Å². The monoisotopic (exact) mass is 312 g/mol. The van der Waals surface area contributed by atoms with E-state index in [4.69, 9.17) is 16.3 Å². The molecule has 5 heteroatoms. The molecule has 0 saturated carbocycles. The number of hydrogen-bond acceptors (Lipinski definition) is 3. The Hall–Kier alpha value is -1.10. The molecule has 0 aliphatic heterocycles. The van der Waals surface area contributed by atoms with Crippen molar-refractivity contribution in [2.45, 2.75) is 20.3 Å². The second-order valence-corrected chi connectivity index (χ2v) is 6.13. The molecule has 0 bridgehead atoms. The van der Waals surface area contributed by atoms with Crippen molar-refractivity contribution in [1.29, 1.82) is 0 Å². The van der Waals surface area contributed by atoms with E-state index < -0.39 is 5.41 Å². The topological polar surface area (TPSA) is 50.4 Å². The third kappa shape index (κ3) is 6.93. The van der Waals surface area contributed by atoms with Crippen LogP contribution >= 0.6 is 11.6 Å². The Kier molecular flexibility index (Phi) is 7.72. The van der Waals surface area contributed by atoms with Gasteiger partial charge >= 0.3 is 0 Å². The van der Waals surface area contributed by atoms with Crippen LogP contribution in [-0.4, -0.2) is 39.3 Å². The van der Waals surface area contributed by atoms with Gasteiger partial charge in [0.05, 0.1) is 6.61 Å². The first-order valence-electron chi connectivity index (χ1n) is 7.18. The first-order chi connectivity index (χ1) is 9.95. The molecule has 2 N–H and O–H groups in total. The summed E-state index contributed by atoms with van der Waals surface area (Å²) >= 11 is 5.98. The standard InChI is InChI=1S/C16H25ClN2O2/c1-16(2,12-13-5-4-6-14(17)11-13)15(20)19-8-7-18-9-10-21-3/h4-6,11,18H,7-10,12H2,1-3H3,(H,19,20). The molecular weight excluding hydrogens is 288 g/mol. The summed E-state index contributed by atoms with van der Waals surface area (Å²) in [6, 6.07) is 7.64. The number of benzene rings is 1. The Morgan fingerprint density at radius 1 is 1.29 bits per heavy atom. The fraction of sp³-hybridized carbons (Fsp3) is 0.562. The third-order valence-electron chi connectivity index (χ3n) is 3.22. The van der Waals surface area contributed by atoms with Crippen LogP contribution in [0.4, 0.5) is 0 Å². The van der Waals surface area contributed by atoms with E-state index in [0.717, 1.165) is 18.7 Å². The van der Waals surface area contributed by atoms with E-state index in [9.17, 15) is 4.79 Å². The second-order valence-electron chi connectivity index (χ2n) is 5.69. The van der Waals surface area contributed by atoms with Gasteiger partial charge in [-0.25, -0.2) is 0 Å². The number of amides is 1. The molecule has 0 aliphatic rings. The predicted octanol–water partition coefficient (Wildman–Crippen LogP) is 2.26. The number of hydrogen-bond donors (Lipinski definition) is 2. The van der Waals surface area contributed by atoms with Crippen molar-refractivity contribution >= 4 is 17.5 Å². The molecule has 1 rings (SSSR count). The maximum absolute atomic E-state index is 12.2. The molecule has 0 spiro atoms. The number of methoxy groups -OCH3 is 1. The van der Waals surface area contributed by atoms with Crippen molar-refractivity contribution in [3.05, 3.63) is 34.9 Å². The molecule has 118 valence electrons. The molecule has 0 aromatic heterocycles. The van der Waals surface area contributed by atoms with E-state index in [1.54, 1.807) is 7.11 Å². The van der Waals surface area contributed by atoms with E-state index >= 15 is 0 Å². The number of ether oxygens (including phenoxy) is 1. The first kappa shape index (κ1) is 18.0. The summed E-state index contributed by atoms with van der Waals surface area (Å²) in [5.41, 5.74) is 0.609. The Bertz CT molecular complexity index is 450. The lowest BCUT2D eigenvalue weighted by Gasteiger charge is -2.24. The van der Waals surface area contributed by atoms with Crippen LogP contribution in [0.15, 0.2) is 24.3 Å². The minimum absolute atomic E-state index is 0.0519. The highest BCUT2D eigenvalue weighted by molar-refractivity contribution is 6.30. The fourth-order valence-electron chi connectivity index (χ4n) is 2.04. The summed E-state index contributed by atoms with van der Waals surface area (Å²) < 4.78 is 4.94. The van der Waals surface area contributed by atoms with E-state index in [1.165, 1.54) is 0 Å². The van der Waals surface area contributed by atoms with Crippen LogP contribution in [0.3, 0.4) is 0 Å². The lowest BCUT2D eigenvalue weighted by molar-refractivity contribution is -0.129. The van der Waals surface area contributed by atoms with E-state index in [0.29, 0.717) is 24.6 Å². The largest absolute Gasteiger partial charge is 0.383 e. The predicted molar refractivity (Wildman–Crippen MR) is 86.7 cm³/mol. The zero-order valence-electron chi connectivity index (χ0n) is 13.0. The van der Waals surface area contributed by atoms with Crippen molar-refractivity contribution < 1.29 is 9.53 Å². The molecule has 21 heavy (non-hydrogen) atoms. The van der Waals surface area contributed by atoms with Crippen LogP contribution in [0.25, 0.3) is 0 Å². The molecule has 0 fully saturated rings. The molecule has 1 aromatic rings. The summed E-state index contributed by atoms with van der Waals surface area (Å²) in [7, 11) is 1.67. The van der Waals surface area contributed by atoms with Gasteiger partial charge in [0.1, 0.15) is 0 Å². The lowest BCUT2D eigenvalue weighted by atomic mass is 9.85. The Balaban J connectivity index is 2.37. The maximum atomic E-state index is 12.2. The summed E-state index contributed by atoms with van der Waals surface area (Å²) in [6.07, 6.45) is 0.663. The lowest BCUT2D eigenvalue weighted by Crippen LogP contribution is -2.41. The number of carbonyl (C=O) groups is 1. The molecule has 0 aliphatic carbocycles. The SMILES string of the molecule is COCCNCCNC(=O)C(C)(C)Cc1cccc(Cl)c1. The van der Waals surface area contributed by atoms with Gasteiger partial charge in [0.25, 0.3) is 0 Å². The van der Waals surface area contributed by atoms with Gasteiger partial charge in [-0.05, 0) is 24.1 Å². The number of nitrogens with one attached hydrogen (secondary N) is 2. The summed E-state index contributed by atoms with van der Waals surface area (Å²) in [4.78, 5) is 12.2. The molecule has 1 aromatic carbocycles. The number of halogens is 1. The molecule has 1 amide bonds. The van der Waals surface area contributed by atoms with Gasteiger partial charge in [0, 0.05) is 37.2 Å². The minimum Gasteiger partial charge on any atom is -0.383 e. The second kappa shape index (κ2) is 9.03. The van der Waals surface area contributed by atoms with Gasteiger partial charge in [-0.15, -0.1) is 0 Å². The summed E-state index contributed by atoms with van der Waals surface area (Å²) in [5, 5.41) is 6.85. The zero-order chi connectivity index (χ0) is 15.7. The fourth-order valence-corrected chi connectivity index (χ4v) is 2.25. The Labute approximate surface area is 132 Å². The number of rotatable bonds is 9. The molecule has 0 radical (unpaired) electrons. The van der Waals surface area contributed by atoms with Crippen LogP contribution < -0.4 is 10.6 Å². The van der Waals surface area contributed by atoms with E-state index in [-0.39, 0.29) is 5.91 Å². The highest BCUT2D eigenvalue weighted by Gasteiger charge is 2.27. The Morgan fingerprint density at radius 2 is 2.05 bits per heavy atom. The van der Waals surface area contributed by atoms with E-state index in [2.05, 4.69) is 10.6 Å². The van der Waals surface area contributed by atoms with Crippen LogP contribution in [0, 0.1) is 5.41 Å². The van der Waals surface area contributed by atoms with Crippen LogP contribution in [0.5, 0.6) is 0 Å².